The van der Waals surface area contributed by atoms with E-state index in [4.69, 9.17) is 15.2 Å². The average Bonchev–Trinajstić information content (AvgIpc) is 3.23. The summed E-state index contributed by atoms with van der Waals surface area (Å²) in [4.78, 5) is 17.2. The minimum atomic E-state index is -0.227. The maximum Gasteiger partial charge on any atom is 0.262 e. The number of pyridine rings is 1. The van der Waals surface area contributed by atoms with E-state index in [1.54, 1.807) is 13.2 Å². The van der Waals surface area contributed by atoms with Gasteiger partial charge in [-0.1, -0.05) is 32.0 Å². The number of imidazole rings is 1. The third-order valence-corrected chi connectivity index (χ3v) is 5.19. The number of nitrogens with two attached hydrogens (primary N) is 1. The average molecular weight is 431 g/mol. The molecule has 32 heavy (non-hydrogen) atoms. The number of para-hydroxylation sites is 1. The number of fused-ring (bicyclic) bond motifs is 1. The van der Waals surface area contributed by atoms with Crippen molar-refractivity contribution in [2.45, 2.75) is 19.8 Å². The number of ether oxygens (including phenoxy) is 2. The van der Waals surface area contributed by atoms with Crippen molar-refractivity contribution >= 4 is 22.9 Å². The molecule has 0 aliphatic carbocycles. The number of nitrogen functional groups attached to an aromatic ring is 1. The van der Waals surface area contributed by atoms with Crippen molar-refractivity contribution in [2.75, 3.05) is 24.8 Å². The Morgan fingerprint density at radius 2 is 1.94 bits per heavy atom. The number of anilines is 2. The largest absolute Gasteiger partial charge is 0.495 e. The molecule has 0 fully saturated rings. The van der Waals surface area contributed by atoms with Crippen LogP contribution in [0, 0.1) is 0 Å². The third kappa shape index (κ3) is 4.37. The van der Waals surface area contributed by atoms with Gasteiger partial charge >= 0.3 is 0 Å². The van der Waals surface area contributed by atoms with Crippen LogP contribution >= 0.6 is 0 Å². The van der Waals surface area contributed by atoms with Crippen LogP contribution in [0.5, 0.6) is 11.5 Å². The van der Waals surface area contributed by atoms with Gasteiger partial charge in [0, 0.05) is 23.6 Å². The Hall–Kier alpha value is -4.00. The number of benzene rings is 2. The van der Waals surface area contributed by atoms with E-state index in [0.29, 0.717) is 28.8 Å². The van der Waals surface area contributed by atoms with Crippen molar-refractivity contribution in [1.29, 1.82) is 0 Å². The monoisotopic (exact) mass is 430 g/mol. The van der Waals surface area contributed by atoms with E-state index in [9.17, 15) is 4.79 Å². The van der Waals surface area contributed by atoms with E-state index in [0.717, 1.165) is 22.5 Å². The van der Waals surface area contributed by atoms with Crippen molar-refractivity contribution in [2.24, 2.45) is 0 Å². The van der Waals surface area contributed by atoms with Gasteiger partial charge in [-0.15, -0.1) is 0 Å². The Balaban J connectivity index is 1.52. The quantitative estimate of drug-likeness (QED) is 0.414. The van der Waals surface area contributed by atoms with Crippen LogP contribution in [0.25, 0.3) is 16.9 Å². The summed E-state index contributed by atoms with van der Waals surface area (Å²) in [5, 5.41) is 2.94. The number of carbonyl (C=O) groups excluding carboxylic acids is 1. The standard InChI is InChI=1S/C25H26N4O3/c1-16(2)18-7-4-5-8-20(18)27-24(30)15-32-23-9-6-12-29-14-21(28-25(23)29)17-10-11-22(31-3)19(26)13-17/h4-14,16H,15,26H2,1-3H3,(H,27,30). The molecule has 0 aliphatic rings. The highest BCUT2D eigenvalue weighted by molar-refractivity contribution is 5.92. The number of hydrogen-bond donors (Lipinski definition) is 2. The molecule has 0 unspecified atom stereocenters. The van der Waals surface area contributed by atoms with Crippen LogP contribution in [-0.2, 0) is 4.79 Å². The topological polar surface area (TPSA) is 90.9 Å². The molecule has 0 radical (unpaired) electrons. The summed E-state index contributed by atoms with van der Waals surface area (Å²) in [6.45, 7) is 4.06. The van der Waals surface area contributed by atoms with E-state index in [-0.39, 0.29) is 12.5 Å². The van der Waals surface area contributed by atoms with Gasteiger partial charge in [0.1, 0.15) is 5.75 Å². The highest BCUT2D eigenvalue weighted by Crippen LogP contribution is 2.30. The predicted molar refractivity (Wildman–Crippen MR) is 126 cm³/mol. The Morgan fingerprint density at radius 3 is 2.69 bits per heavy atom. The van der Waals surface area contributed by atoms with Crippen LogP contribution in [-0.4, -0.2) is 29.0 Å². The fraction of sp³-hybridized carbons (Fsp3) is 0.200. The van der Waals surface area contributed by atoms with E-state index >= 15 is 0 Å². The molecule has 7 heteroatoms. The molecule has 4 rings (SSSR count). The molecule has 0 saturated carbocycles. The summed E-state index contributed by atoms with van der Waals surface area (Å²) >= 11 is 0. The number of carbonyl (C=O) groups is 1. The number of hydrogen-bond acceptors (Lipinski definition) is 5. The summed E-state index contributed by atoms with van der Waals surface area (Å²) in [7, 11) is 1.58. The van der Waals surface area contributed by atoms with Gasteiger partial charge in [0.15, 0.2) is 18.0 Å². The smallest absolute Gasteiger partial charge is 0.262 e. The lowest BCUT2D eigenvalue weighted by Crippen LogP contribution is -2.21. The Morgan fingerprint density at radius 1 is 1.12 bits per heavy atom. The Kier molecular flexibility index (Phi) is 5.98. The molecule has 0 bridgehead atoms. The molecule has 2 aromatic heterocycles. The molecule has 0 saturated heterocycles. The lowest BCUT2D eigenvalue weighted by molar-refractivity contribution is -0.118. The fourth-order valence-corrected chi connectivity index (χ4v) is 3.58. The molecule has 164 valence electrons. The first kappa shape index (κ1) is 21.2. The van der Waals surface area contributed by atoms with Gasteiger partial charge in [-0.2, -0.15) is 0 Å². The fourth-order valence-electron chi connectivity index (χ4n) is 3.58. The van der Waals surface area contributed by atoms with Crippen LogP contribution in [0.3, 0.4) is 0 Å². The van der Waals surface area contributed by atoms with Crippen molar-refractivity contribution in [1.82, 2.24) is 9.38 Å². The summed E-state index contributed by atoms with van der Waals surface area (Å²) in [6, 6.07) is 17.0. The maximum atomic E-state index is 12.5. The summed E-state index contributed by atoms with van der Waals surface area (Å²) in [6.07, 6.45) is 3.77. The van der Waals surface area contributed by atoms with Gasteiger partial charge in [-0.05, 0) is 47.9 Å². The van der Waals surface area contributed by atoms with Crippen molar-refractivity contribution in [3.63, 3.8) is 0 Å². The van der Waals surface area contributed by atoms with Crippen molar-refractivity contribution < 1.29 is 14.3 Å². The summed E-state index contributed by atoms with van der Waals surface area (Å²) in [5.74, 6) is 1.21. The molecule has 4 aromatic rings. The third-order valence-electron chi connectivity index (χ3n) is 5.19. The van der Waals surface area contributed by atoms with Crippen molar-refractivity contribution in [3.05, 3.63) is 72.6 Å². The minimum Gasteiger partial charge on any atom is -0.495 e. The van der Waals surface area contributed by atoms with Crippen LogP contribution in [0.2, 0.25) is 0 Å². The number of aromatic nitrogens is 2. The maximum absolute atomic E-state index is 12.5. The summed E-state index contributed by atoms with van der Waals surface area (Å²) in [5.41, 5.74) is 10.7. The second-order valence-corrected chi connectivity index (χ2v) is 7.76. The highest BCUT2D eigenvalue weighted by atomic mass is 16.5. The van der Waals surface area contributed by atoms with E-state index in [1.165, 1.54) is 0 Å². The lowest BCUT2D eigenvalue weighted by Gasteiger charge is -2.14. The van der Waals surface area contributed by atoms with Crippen molar-refractivity contribution in [3.8, 4) is 22.8 Å². The number of amides is 1. The van der Waals surface area contributed by atoms with Gasteiger partial charge in [-0.25, -0.2) is 4.98 Å². The molecule has 0 aliphatic heterocycles. The lowest BCUT2D eigenvalue weighted by atomic mass is 10.0. The van der Waals surface area contributed by atoms with Gasteiger partial charge < -0.3 is 24.9 Å². The number of methoxy groups -OCH3 is 1. The van der Waals surface area contributed by atoms with Gasteiger partial charge in [0.25, 0.3) is 5.91 Å². The van der Waals surface area contributed by atoms with Crippen LogP contribution < -0.4 is 20.5 Å². The molecule has 0 atom stereocenters. The molecule has 2 heterocycles. The van der Waals surface area contributed by atoms with E-state index in [1.807, 2.05) is 65.3 Å². The molecular formula is C25H26N4O3. The molecule has 2 aromatic carbocycles. The van der Waals surface area contributed by atoms with Crippen LogP contribution in [0.1, 0.15) is 25.3 Å². The van der Waals surface area contributed by atoms with E-state index in [2.05, 4.69) is 24.1 Å². The molecule has 3 N–H and O–H groups in total. The zero-order valence-electron chi connectivity index (χ0n) is 18.3. The minimum absolute atomic E-state index is 0.121. The molecule has 0 spiro atoms. The van der Waals surface area contributed by atoms with Crippen LogP contribution in [0.4, 0.5) is 11.4 Å². The predicted octanol–water partition coefficient (Wildman–Crippen LogP) is 4.73. The first-order chi connectivity index (χ1) is 15.5. The number of nitrogens with zero attached hydrogens (tertiary/aromatic N) is 2. The number of nitrogens with one attached hydrogen (secondary N) is 1. The van der Waals surface area contributed by atoms with E-state index < -0.39 is 0 Å². The Labute approximate surface area is 186 Å². The van der Waals surface area contributed by atoms with Gasteiger partial charge in [-0.3, -0.25) is 4.79 Å². The Bertz CT molecular complexity index is 1260. The molecule has 7 nitrogen and oxygen atoms in total. The zero-order chi connectivity index (χ0) is 22.7. The summed E-state index contributed by atoms with van der Waals surface area (Å²) < 4.78 is 12.9. The second-order valence-electron chi connectivity index (χ2n) is 7.76. The van der Waals surface area contributed by atoms with Gasteiger partial charge in [0.05, 0.1) is 18.5 Å². The van der Waals surface area contributed by atoms with Gasteiger partial charge in [0.2, 0.25) is 0 Å². The first-order valence-electron chi connectivity index (χ1n) is 10.4. The zero-order valence-corrected chi connectivity index (χ0v) is 18.3. The second kappa shape index (κ2) is 9.01. The first-order valence-corrected chi connectivity index (χ1v) is 10.4. The molecule has 1 amide bonds. The van der Waals surface area contributed by atoms with Crippen LogP contribution in [0.15, 0.2) is 67.0 Å². The normalized spacial score (nSPS) is 11.0. The molecular weight excluding hydrogens is 404 g/mol. The highest BCUT2D eigenvalue weighted by Gasteiger charge is 2.13. The number of rotatable bonds is 7. The SMILES string of the molecule is COc1ccc(-c2cn3cccc(OCC(=O)Nc4ccccc4C(C)C)c3n2)cc1N.